The number of alkyl halides is 2. The van der Waals surface area contributed by atoms with Crippen LogP contribution in [-0.2, 0) is 0 Å². The highest BCUT2D eigenvalue weighted by Crippen LogP contribution is 2.22. The Hall–Kier alpha value is 0.410. The summed E-state index contributed by atoms with van der Waals surface area (Å²) in [5, 5.41) is 0.879. The third kappa shape index (κ3) is 3.42. The summed E-state index contributed by atoms with van der Waals surface area (Å²) >= 11 is 3.31. The molecular weight excluding hydrogens is 171 g/mol. The fourth-order valence-electron chi connectivity index (χ4n) is 0.323. The van der Waals surface area contributed by atoms with Gasteiger partial charge in [0.15, 0.2) is 0 Å². The lowest BCUT2D eigenvalue weighted by molar-refractivity contribution is 0.324. The van der Waals surface area contributed by atoms with Crippen LogP contribution in [0.3, 0.4) is 0 Å². The SMILES string of the molecule is CC(C)(CBr)CCF. The van der Waals surface area contributed by atoms with Crippen LogP contribution >= 0.6 is 15.9 Å². The Morgan fingerprint density at radius 3 is 2.12 bits per heavy atom. The molecule has 0 atom stereocenters. The zero-order chi connectivity index (χ0) is 6.62. The smallest absolute Gasteiger partial charge is 0.0899 e. The summed E-state index contributed by atoms with van der Waals surface area (Å²) in [7, 11) is 0. The quantitative estimate of drug-likeness (QED) is 0.590. The minimum absolute atomic E-state index is 0.134. The van der Waals surface area contributed by atoms with Crippen molar-refractivity contribution in [3.05, 3.63) is 0 Å². The largest absolute Gasteiger partial charge is 0.251 e. The summed E-state index contributed by atoms with van der Waals surface area (Å²) in [4.78, 5) is 0. The van der Waals surface area contributed by atoms with Gasteiger partial charge < -0.3 is 0 Å². The molecule has 0 aromatic heterocycles. The number of hydrogen-bond donors (Lipinski definition) is 0. The number of halogens is 2. The van der Waals surface area contributed by atoms with Crippen molar-refractivity contribution in [2.45, 2.75) is 20.3 Å². The van der Waals surface area contributed by atoms with E-state index in [1.54, 1.807) is 0 Å². The maximum absolute atomic E-state index is 11.7. The van der Waals surface area contributed by atoms with Crippen LogP contribution in [0.5, 0.6) is 0 Å². The van der Waals surface area contributed by atoms with E-state index >= 15 is 0 Å². The first-order valence-electron chi connectivity index (χ1n) is 2.74. The molecule has 0 radical (unpaired) electrons. The maximum Gasteiger partial charge on any atom is 0.0899 e. The van der Waals surface area contributed by atoms with Crippen LogP contribution in [0.15, 0.2) is 0 Å². The predicted molar refractivity (Wildman–Crippen MR) is 38.2 cm³/mol. The lowest BCUT2D eigenvalue weighted by Crippen LogP contribution is -2.13. The van der Waals surface area contributed by atoms with E-state index in [1.165, 1.54) is 0 Å². The molecule has 2 heteroatoms. The van der Waals surface area contributed by atoms with Gasteiger partial charge in [-0.25, -0.2) is 0 Å². The average Bonchev–Trinajstić information content (AvgIpc) is 1.67. The molecular formula is C6H12BrF. The molecule has 0 unspecified atom stereocenters. The minimum atomic E-state index is -0.210. The van der Waals surface area contributed by atoms with Crippen molar-refractivity contribution in [3.8, 4) is 0 Å². The average molecular weight is 183 g/mol. The normalized spacial score (nSPS) is 12.0. The predicted octanol–water partition coefficient (Wildman–Crippen LogP) is 2.77. The van der Waals surface area contributed by atoms with Crippen molar-refractivity contribution in [1.82, 2.24) is 0 Å². The molecule has 0 aromatic rings. The van der Waals surface area contributed by atoms with Gasteiger partial charge in [-0.1, -0.05) is 29.8 Å². The van der Waals surface area contributed by atoms with E-state index in [4.69, 9.17) is 0 Å². The molecule has 0 fully saturated rings. The molecule has 0 aliphatic rings. The molecule has 0 amide bonds. The van der Waals surface area contributed by atoms with Crippen molar-refractivity contribution in [1.29, 1.82) is 0 Å². The molecule has 0 bridgehead atoms. The molecule has 0 nitrogen and oxygen atoms in total. The van der Waals surface area contributed by atoms with Crippen molar-refractivity contribution in [2.75, 3.05) is 12.0 Å². The van der Waals surface area contributed by atoms with Crippen LogP contribution in [0.2, 0.25) is 0 Å². The lowest BCUT2D eigenvalue weighted by Gasteiger charge is -2.18. The van der Waals surface area contributed by atoms with Crippen LogP contribution in [-0.4, -0.2) is 12.0 Å². The standard InChI is InChI=1S/C6H12BrF/c1-6(2,5-7)3-4-8/h3-5H2,1-2H3. The van der Waals surface area contributed by atoms with E-state index in [0.717, 1.165) is 5.33 Å². The Kier molecular flexibility index (Phi) is 3.61. The second-order valence-electron chi connectivity index (χ2n) is 2.74. The third-order valence-electron chi connectivity index (χ3n) is 1.13. The summed E-state index contributed by atoms with van der Waals surface area (Å²) < 4.78 is 11.7. The first kappa shape index (κ1) is 8.41. The minimum Gasteiger partial charge on any atom is -0.251 e. The van der Waals surface area contributed by atoms with Gasteiger partial charge in [0.1, 0.15) is 0 Å². The topological polar surface area (TPSA) is 0 Å². The van der Waals surface area contributed by atoms with Gasteiger partial charge in [0.2, 0.25) is 0 Å². The van der Waals surface area contributed by atoms with Gasteiger partial charge in [-0.05, 0) is 11.8 Å². The Morgan fingerprint density at radius 1 is 1.50 bits per heavy atom. The van der Waals surface area contributed by atoms with Crippen molar-refractivity contribution >= 4 is 15.9 Å². The molecule has 0 aliphatic heterocycles. The van der Waals surface area contributed by atoms with Gasteiger partial charge in [-0.3, -0.25) is 4.39 Å². The molecule has 0 aliphatic carbocycles. The van der Waals surface area contributed by atoms with Gasteiger partial charge in [0, 0.05) is 5.33 Å². The monoisotopic (exact) mass is 182 g/mol. The number of rotatable bonds is 3. The fraction of sp³-hybridized carbons (Fsp3) is 1.00. The van der Waals surface area contributed by atoms with E-state index in [1.807, 2.05) is 13.8 Å². The third-order valence-corrected chi connectivity index (χ3v) is 2.65. The number of hydrogen-bond acceptors (Lipinski definition) is 0. The summed E-state index contributed by atoms with van der Waals surface area (Å²) in [5.41, 5.74) is 0.134. The van der Waals surface area contributed by atoms with Crippen molar-refractivity contribution in [3.63, 3.8) is 0 Å². The van der Waals surface area contributed by atoms with Crippen LogP contribution in [0, 0.1) is 5.41 Å². The van der Waals surface area contributed by atoms with Gasteiger partial charge in [-0.2, -0.15) is 0 Å². The molecule has 0 rings (SSSR count). The molecule has 50 valence electrons. The van der Waals surface area contributed by atoms with Crippen molar-refractivity contribution in [2.24, 2.45) is 5.41 Å². The highest BCUT2D eigenvalue weighted by atomic mass is 79.9. The Labute approximate surface area is 58.6 Å². The molecule has 0 saturated heterocycles. The van der Waals surface area contributed by atoms with Gasteiger partial charge >= 0.3 is 0 Å². The fourth-order valence-corrected chi connectivity index (χ4v) is 0.603. The van der Waals surface area contributed by atoms with E-state index in [-0.39, 0.29) is 12.1 Å². The molecule has 0 heterocycles. The summed E-state index contributed by atoms with van der Waals surface area (Å²) in [6.07, 6.45) is 0.651. The highest BCUT2D eigenvalue weighted by molar-refractivity contribution is 9.09. The van der Waals surface area contributed by atoms with E-state index in [9.17, 15) is 4.39 Å². The second kappa shape index (κ2) is 3.44. The van der Waals surface area contributed by atoms with E-state index < -0.39 is 0 Å². The van der Waals surface area contributed by atoms with E-state index in [0.29, 0.717) is 6.42 Å². The first-order valence-corrected chi connectivity index (χ1v) is 3.86. The Morgan fingerprint density at radius 2 is 2.00 bits per heavy atom. The van der Waals surface area contributed by atoms with Crippen molar-refractivity contribution < 1.29 is 4.39 Å². The first-order chi connectivity index (χ1) is 3.62. The van der Waals surface area contributed by atoms with E-state index in [2.05, 4.69) is 15.9 Å². The van der Waals surface area contributed by atoms with Gasteiger partial charge in [0.25, 0.3) is 0 Å². The Balaban J connectivity index is 3.37. The molecule has 0 saturated carbocycles. The van der Waals surface area contributed by atoms with Crippen LogP contribution in [0.25, 0.3) is 0 Å². The van der Waals surface area contributed by atoms with Crippen LogP contribution < -0.4 is 0 Å². The highest BCUT2D eigenvalue weighted by Gasteiger charge is 2.14. The lowest BCUT2D eigenvalue weighted by atomic mass is 9.93. The van der Waals surface area contributed by atoms with Crippen LogP contribution in [0.1, 0.15) is 20.3 Å². The molecule has 0 aromatic carbocycles. The zero-order valence-corrected chi connectivity index (χ0v) is 6.96. The summed E-state index contributed by atoms with van der Waals surface area (Å²) in [6.45, 7) is 3.88. The molecule has 8 heavy (non-hydrogen) atoms. The summed E-state index contributed by atoms with van der Waals surface area (Å²) in [6, 6.07) is 0. The summed E-state index contributed by atoms with van der Waals surface area (Å²) in [5.74, 6) is 0. The second-order valence-corrected chi connectivity index (χ2v) is 3.30. The Bertz CT molecular complexity index is 61.5. The zero-order valence-electron chi connectivity index (χ0n) is 5.38. The maximum atomic E-state index is 11.7. The molecule has 0 spiro atoms. The van der Waals surface area contributed by atoms with Crippen LogP contribution in [0.4, 0.5) is 4.39 Å². The molecule has 0 N–H and O–H groups in total. The van der Waals surface area contributed by atoms with Gasteiger partial charge in [-0.15, -0.1) is 0 Å². The van der Waals surface area contributed by atoms with Gasteiger partial charge in [0.05, 0.1) is 6.67 Å².